The van der Waals surface area contributed by atoms with Gasteiger partial charge in [-0.15, -0.1) is 0 Å². The summed E-state index contributed by atoms with van der Waals surface area (Å²) in [6.07, 6.45) is 2.14. The van der Waals surface area contributed by atoms with E-state index >= 15 is 0 Å². The van der Waals surface area contributed by atoms with Crippen molar-refractivity contribution in [2.75, 3.05) is 0 Å². The van der Waals surface area contributed by atoms with Crippen LogP contribution in [0.1, 0.15) is 30.9 Å². The molecule has 1 heterocycles. The summed E-state index contributed by atoms with van der Waals surface area (Å²) < 4.78 is 7.32. The molecule has 2 aromatic rings. The number of nitrogens with zero attached hydrogens (tertiary/aromatic N) is 1. The molecule has 0 spiro atoms. The molecule has 0 N–H and O–H groups in total. The Morgan fingerprint density at radius 2 is 1.67 bits per heavy atom. The van der Waals surface area contributed by atoms with Crippen LogP contribution in [0.25, 0.3) is 5.76 Å². The quantitative estimate of drug-likeness (QED) is 0.618. The van der Waals surface area contributed by atoms with Crippen molar-refractivity contribution in [3.8, 4) is 0 Å². The summed E-state index contributed by atoms with van der Waals surface area (Å²) in [6.45, 7) is 2.18. The maximum Gasteiger partial charge on any atom is 0.227 e. The van der Waals surface area contributed by atoms with Crippen molar-refractivity contribution in [2.45, 2.75) is 19.8 Å². The van der Waals surface area contributed by atoms with Crippen LogP contribution in [-0.4, -0.2) is 5.90 Å². The zero-order valence-corrected chi connectivity index (χ0v) is 14.0. The van der Waals surface area contributed by atoms with Gasteiger partial charge in [-0.1, -0.05) is 49.7 Å². The highest BCUT2D eigenvalue weighted by molar-refractivity contribution is 14.1. The Morgan fingerprint density at radius 3 is 2.38 bits per heavy atom. The molecule has 0 aromatic heterocycles. The molecule has 106 valence electrons. The number of aliphatic imine (C=N–C) groups is 1. The molecular weight excluding hydrogens is 373 g/mol. The standard InChI is InChI=1S/C18H16INO/c1-2-8-16(19)17-14-11-6-7-12-15(14)18(21-17)20-13-9-4-3-5-10-13/h3-7,9-12H,2,8H2,1H3/b17-16+,20-18?. The second-order valence-electron chi connectivity index (χ2n) is 4.88. The van der Waals surface area contributed by atoms with E-state index in [-0.39, 0.29) is 0 Å². The van der Waals surface area contributed by atoms with Crippen molar-refractivity contribution in [3.63, 3.8) is 0 Å². The zero-order chi connectivity index (χ0) is 14.7. The van der Waals surface area contributed by atoms with Crippen LogP contribution in [0.3, 0.4) is 0 Å². The van der Waals surface area contributed by atoms with Crippen molar-refractivity contribution in [1.82, 2.24) is 0 Å². The average molecular weight is 389 g/mol. The van der Waals surface area contributed by atoms with Crippen molar-refractivity contribution in [3.05, 3.63) is 69.3 Å². The molecule has 0 saturated heterocycles. The summed E-state index contributed by atoms with van der Waals surface area (Å²) in [5.41, 5.74) is 3.13. The topological polar surface area (TPSA) is 21.6 Å². The Hall–Kier alpha value is -1.62. The molecule has 2 nitrogen and oxygen atoms in total. The van der Waals surface area contributed by atoms with Crippen LogP contribution < -0.4 is 0 Å². The van der Waals surface area contributed by atoms with E-state index < -0.39 is 0 Å². The fourth-order valence-electron chi connectivity index (χ4n) is 2.31. The van der Waals surface area contributed by atoms with Crippen molar-refractivity contribution >= 4 is 39.9 Å². The van der Waals surface area contributed by atoms with E-state index in [2.05, 4.69) is 46.6 Å². The highest BCUT2D eigenvalue weighted by Gasteiger charge is 2.26. The minimum Gasteiger partial charge on any atom is -0.437 e. The molecule has 0 amide bonds. The second kappa shape index (κ2) is 6.43. The van der Waals surface area contributed by atoms with E-state index in [0.717, 1.165) is 35.4 Å². The molecule has 0 fully saturated rings. The fraction of sp³-hybridized carbons (Fsp3) is 0.167. The predicted octanol–water partition coefficient (Wildman–Crippen LogP) is 5.70. The first-order valence-electron chi connectivity index (χ1n) is 7.09. The van der Waals surface area contributed by atoms with Gasteiger partial charge in [-0.2, -0.15) is 0 Å². The van der Waals surface area contributed by atoms with Crippen LogP contribution in [0.5, 0.6) is 0 Å². The number of ether oxygens (including phenoxy) is 1. The summed E-state index contributed by atoms with van der Waals surface area (Å²) in [5.74, 6) is 1.65. The highest BCUT2D eigenvalue weighted by atomic mass is 127. The van der Waals surface area contributed by atoms with Gasteiger partial charge in [-0.05, 0) is 47.2 Å². The normalized spacial score (nSPS) is 17.5. The summed E-state index contributed by atoms with van der Waals surface area (Å²) in [4.78, 5) is 4.65. The molecule has 0 radical (unpaired) electrons. The van der Waals surface area contributed by atoms with Crippen molar-refractivity contribution in [1.29, 1.82) is 0 Å². The van der Waals surface area contributed by atoms with Gasteiger partial charge in [0.05, 0.1) is 5.69 Å². The summed E-state index contributed by atoms with van der Waals surface area (Å²) in [6, 6.07) is 18.2. The van der Waals surface area contributed by atoms with Crippen LogP contribution in [0.15, 0.2) is 63.2 Å². The van der Waals surface area contributed by atoms with E-state index in [9.17, 15) is 0 Å². The number of para-hydroxylation sites is 1. The second-order valence-corrected chi connectivity index (χ2v) is 6.19. The number of halogens is 1. The van der Waals surface area contributed by atoms with Gasteiger partial charge in [-0.25, -0.2) is 4.99 Å². The van der Waals surface area contributed by atoms with Gasteiger partial charge in [0.1, 0.15) is 5.76 Å². The Bertz CT molecular complexity index is 704. The van der Waals surface area contributed by atoms with Gasteiger partial charge in [0, 0.05) is 14.7 Å². The lowest BCUT2D eigenvalue weighted by atomic mass is 10.1. The first-order chi connectivity index (χ1) is 10.3. The van der Waals surface area contributed by atoms with E-state index in [1.54, 1.807) is 0 Å². The highest BCUT2D eigenvalue weighted by Crippen LogP contribution is 2.37. The molecule has 0 saturated carbocycles. The molecule has 0 unspecified atom stereocenters. The Balaban J connectivity index is 2.07. The maximum absolute atomic E-state index is 6.07. The molecule has 0 atom stereocenters. The molecule has 2 aromatic carbocycles. The lowest BCUT2D eigenvalue weighted by Gasteiger charge is -2.04. The smallest absolute Gasteiger partial charge is 0.227 e. The number of benzene rings is 2. The third kappa shape index (κ3) is 3.02. The summed E-state index contributed by atoms with van der Waals surface area (Å²) in [7, 11) is 0. The Morgan fingerprint density at radius 1 is 1.00 bits per heavy atom. The molecular formula is C18H16INO. The predicted molar refractivity (Wildman–Crippen MR) is 96.0 cm³/mol. The van der Waals surface area contributed by atoms with Crippen LogP contribution in [-0.2, 0) is 4.74 Å². The molecule has 3 heteroatoms. The van der Waals surface area contributed by atoms with E-state index in [4.69, 9.17) is 4.74 Å². The van der Waals surface area contributed by atoms with Gasteiger partial charge in [0.15, 0.2) is 0 Å². The van der Waals surface area contributed by atoms with Gasteiger partial charge in [0.25, 0.3) is 0 Å². The SMILES string of the molecule is CCC/C(I)=C1\OC(=Nc2ccccc2)c2ccccc21. The van der Waals surface area contributed by atoms with E-state index in [0.29, 0.717) is 5.90 Å². The molecule has 0 aliphatic carbocycles. The number of hydrogen-bond donors (Lipinski definition) is 0. The molecule has 1 aliphatic rings. The van der Waals surface area contributed by atoms with Crippen molar-refractivity contribution < 1.29 is 4.74 Å². The van der Waals surface area contributed by atoms with Crippen LogP contribution in [0.2, 0.25) is 0 Å². The van der Waals surface area contributed by atoms with E-state index in [1.165, 1.54) is 3.58 Å². The molecule has 0 bridgehead atoms. The first-order valence-corrected chi connectivity index (χ1v) is 8.17. The number of hydrogen-bond acceptors (Lipinski definition) is 2. The third-order valence-electron chi connectivity index (χ3n) is 3.30. The van der Waals surface area contributed by atoms with Gasteiger partial charge in [-0.3, -0.25) is 0 Å². The lowest BCUT2D eigenvalue weighted by Crippen LogP contribution is -1.96. The number of fused-ring (bicyclic) bond motifs is 1. The van der Waals surface area contributed by atoms with Crippen molar-refractivity contribution in [2.24, 2.45) is 4.99 Å². The number of rotatable bonds is 3. The van der Waals surface area contributed by atoms with Crippen LogP contribution in [0.4, 0.5) is 5.69 Å². The van der Waals surface area contributed by atoms with E-state index in [1.807, 2.05) is 42.5 Å². The van der Waals surface area contributed by atoms with Gasteiger partial charge < -0.3 is 4.74 Å². The van der Waals surface area contributed by atoms with Gasteiger partial charge >= 0.3 is 0 Å². The minimum atomic E-state index is 0.692. The largest absolute Gasteiger partial charge is 0.437 e. The third-order valence-corrected chi connectivity index (χ3v) is 4.33. The molecule has 3 rings (SSSR count). The Kier molecular flexibility index (Phi) is 4.39. The van der Waals surface area contributed by atoms with Crippen LogP contribution >= 0.6 is 22.6 Å². The van der Waals surface area contributed by atoms with Crippen LogP contribution in [0, 0.1) is 0 Å². The lowest BCUT2D eigenvalue weighted by molar-refractivity contribution is 0.522. The minimum absolute atomic E-state index is 0.692. The summed E-state index contributed by atoms with van der Waals surface area (Å²) >= 11 is 2.38. The average Bonchev–Trinajstić information content (AvgIpc) is 2.88. The molecule has 21 heavy (non-hydrogen) atoms. The molecule has 1 aliphatic heterocycles. The fourth-order valence-corrected chi connectivity index (χ4v) is 3.25. The monoisotopic (exact) mass is 389 g/mol. The zero-order valence-electron chi connectivity index (χ0n) is 11.8. The van der Waals surface area contributed by atoms with Gasteiger partial charge in [0.2, 0.25) is 5.90 Å². The summed E-state index contributed by atoms with van der Waals surface area (Å²) in [5, 5.41) is 0. The Labute approximate surface area is 138 Å². The maximum atomic E-state index is 6.07. The first kappa shape index (κ1) is 14.3. The number of allylic oxidation sites excluding steroid dienone is 1.